The molecule has 0 spiro atoms. The number of piperidine rings is 1. The van der Waals surface area contributed by atoms with E-state index in [1.165, 1.54) is 0 Å². The fourth-order valence-electron chi connectivity index (χ4n) is 2.74. The molecule has 0 saturated carbocycles. The van der Waals surface area contributed by atoms with Crippen LogP contribution in [-0.2, 0) is 16.1 Å². The van der Waals surface area contributed by atoms with Crippen molar-refractivity contribution in [2.75, 3.05) is 26.8 Å². The third-order valence-corrected chi connectivity index (χ3v) is 4.20. The zero-order chi connectivity index (χ0) is 16.7. The van der Waals surface area contributed by atoms with Gasteiger partial charge in [-0.05, 0) is 37.9 Å². The second-order valence-corrected chi connectivity index (χ2v) is 6.44. The first kappa shape index (κ1) is 20.7. The molecule has 1 amide bonds. The number of carbonyl (C=O) groups is 1. The van der Waals surface area contributed by atoms with Gasteiger partial charge in [0.15, 0.2) is 0 Å². The van der Waals surface area contributed by atoms with Crippen LogP contribution in [0.25, 0.3) is 0 Å². The molecule has 1 saturated heterocycles. The maximum absolute atomic E-state index is 12.6. The van der Waals surface area contributed by atoms with Gasteiger partial charge in [-0.25, -0.2) is 0 Å². The predicted molar refractivity (Wildman–Crippen MR) is 97.7 cm³/mol. The van der Waals surface area contributed by atoms with Crippen LogP contribution in [0.4, 0.5) is 0 Å². The van der Waals surface area contributed by atoms with Gasteiger partial charge in [0.1, 0.15) is 11.4 Å². The molecule has 0 aromatic heterocycles. The van der Waals surface area contributed by atoms with Crippen LogP contribution in [0, 0.1) is 5.92 Å². The van der Waals surface area contributed by atoms with E-state index in [0.717, 1.165) is 24.4 Å². The van der Waals surface area contributed by atoms with Crippen molar-refractivity contribution < 1.29 is 14.3 Å². The van der Waals surface area contributed by atoms with Crippen LogP contribution in [0.15, 0.2) is 24.3 Å². The Labute approximate surface area is 150 Å². The van der Waals surface area contributed by atoms with Crippen LogP contribution in [0.2, 0.25) is 0 Å². The van der Waals surface area contributed by atoms with E-state index >= 15 is 0 Å². The summed E-state index contributed by atoms with van der Waals surface area (Å²) in [5.74, 6) is 1.25. The van der Waals surface area contributed by atoms with E-state index in [-0.39, 0.29) is 18.3 Å². The molecule has 1 aliphatic rings. The molecular formula is C18H29ClN2O3. The molecule has 136 valence electrons. The minimum Gasteiger partial charge on any atom is -0.493 e. The second kappa shape index (κ2) is 9.87. The van der Waals surface area contributed by atoms with Gasteiger partial charge in [0.2, 0.25) is 0 Å². The van der Waals surface area contributed by atoms with E-state index in [0.29, 0.717) is 31.9 Å². The van der Waals surface area contributed by atoms with Gasteiger partial charge in [-0.1, -0.05) is 32.0 Å². The monoisotopic (exact) mass is 356 g/mol. The normalized spacial score (nSPS) is 16.3. The maximum atomic E-state index is 12.6. The Balaban J connectivity index is 0.00000288. The van der Waals surface area contributed by atoms with Crippen LogP contribution in [0.3, 0.4) is 0 Å². The summed E-state index contributed by atoms with van der Waals surface area (Å²) in [5.41, 5.74) is 0.278. The molecule has 5 nitrogen and oxygen atoms in total. The SMILES string of the molecule is COC1(C(=O)NCc2ccccc2OCC(C)C)CCNCC1.Cl. The topological polar surface area (TPSA) is 59.6 Å². The smallest absolute Gasteiger partial charge is 0.252 e. The Morgan fingerprint density at radius 3 is 2.58 bits per heavy atom. The molecule has 0 radical (unpaired) electrons. The van der Waals surface area contributed by atoms with Crippen LogP contribution >= 0.6 is 12.4 Å². The van der Waals surface area contributed by atoms with E-state index in [9.17, 15) is 4.79 Å². The summed E-state index contributed by atoms with van der Waals surface area (Å²) in [6.07, 6.45) is 1.39. The number of rotatable bonds is 7. The minimum atomic E-state index is -0.709. The van der Waals surface area contributed by atoms with Gasteiger partial charge in [0.25, 0.3) is 5.91 Å². The molecule has 6 heteroatoms. The Hall–Kier alpha value is -1.30. The molecule has 1 aromatic rings. The number of benzene rings is 1. The molecule has 0 unspecified atom stereocenters. The van der Waals surface area contributed by atoms with E-state index in [4.69, 9.17) is 9.47 Å². The van der Waals surface area contributed by atoms with Crippen LogP contribution in [0.1, 0.15) is 32.3 Å². The lowest BCUT2D eigenvalue weighted by Crippen LogP contribution is -2.53. The number of para-hydroxylation sites is 1. The summed E-state index contributed by atoms with van der Waals surface area (Å²) in [4.78, 5) is 12.6. The van der Waals surface area contributed by atoms with Crippen molar-refractivity contribution in [3.05, 3.63) is 29.8 Å². The molecular weight excluding hydrogens is 328 g/mol. The molecule has 1 aliphatic heterocycles. The third kappa shape index (κ3) is 5.36. The molecule has 2 rings (SSSR count). The zero-order valence-corrected chi connectivity index (χ0v) is 15.6. The van der Waals surface area contributed by atoms with Gasteiger partial charge in [0, 0.05) is 19.2 Å². The molecule has 0 atom stereocenters. The largest absolute Gasteiger partial charge is 0.493 e. The second-order valence-electron chi connectivity index (χ2n) is 6.44. The summed E-state index contributed by atoms with van der Waals surface area (Å²) in [6, 6.07) is 7.84. The first-order chi connectivity index (χ1) is 11.1. The average Bonchev–Trinajstić information content (AvgIpc) is 2.59. The van der Waals surface area contributed by atoms with Crippen molar-refractivity contribution in [2.24, 2.45) is 5.92 Å². The molecule has 24 heavy (non-hydrogen) atoms. The molecule has 0 bridgehead atoms. The Bertz CT molecular complexity index is 517. The summed E-state index contributed by atoms with van der Waals surface area (Å²) in [6.45, 7) is 6.95. The van der Waals surface area contributed by atoms with Gasteiger partial charge >= 0.3 is 0 Å². The van der Waals surface area contributed by atoms with Crippen LogP contribution in [-0.4, -0.2) is 38.3 Å². The fraction of sp³-hybridized carbons (Fsp3) is 0.611. The number of hydrogen-bond donors (Lipinski definition) is 2. The summed E-state index contributed by atoms with van der Waals surface area (Å²) < 4.78 is 11.4. The third-order valence-electron chi connectivity index (χ3n) is 4.20. The lowest BCUT2D eigenvalue weighted by atomic mass is 9.91. The van der Waals surface area contributed by atoms with Crippen molar-refractivity contribution in [3.63, 3.8) is 0 Å². The van der Waals surface area contributed by atoms with E-state index < -0.39 is 5.60 Å². The minimum absolute atomic E-state index is 0. The van der Waals surface area contributed by atoms with Gasteiger partial charge < -0.3 is 20.1 Å². The zero-order valence-electron chi connectivity index (χ0n) is 14.8. The molecule has 1 fully saturated rings. The van der Waals surface area contributed by atoms with E-state index in [1.807, 2.05) is 24.3 Å². The number of nitrogens with one attached hydrogen (secondary N) is 2. The lowest BCUT2D eigenvalue weighted by Gasteiger charge is -2.34. The van der Waals surface area contributed by atoms with Crippen LogP contribution < -0.4 is 15.4 Å². The molecule has 2 N–H and O–H groups in total. The van der Waals surface area contributed by atoms with Gasteiger partial charge in [-0.3, -0.25) is 4.79 Å². The van der Waals surface area contributed by atoms with E-state index in [1.54, 1.807) is 7.11 Å². The molecule has 1 aromatic carbocycles. The number of amides is 1. The highest BCUT2D eigenvalue weighted by Gasteiger charge is 2.39. The average molecular weight is 357 g/mol. The standard InChI is InChI=1S/C18H28N2O3.ClH/c1-14(2)13-23-16-7-5-4-6-15(16)12-20-17(21)18(22-3)8-10-19-11-9-18;/h4-7,14,19H,8-13H2,1-3H3,(H,20,21);1H. The van der Waals surface area contributed by atoms with Crippen molar-refractivity contribution in [3.8, 4) is 5.75 Å². The van der Waals surface area contributed by atoms with Crippen molar-refractivity contribution in [1.82, 2.24) is 10.6 Å². The number of hydrogen-bond acceptors (Lipinski definition) is 4. The predicted octanol–water partition coefficient (Wildman–Crippen LogP) is 2.53. The lowest BCUT2D eigenvalue weighted by molar-refractivity contribution is -0.146. The number of ether oxygens (including phenoxy) is 2. The van der Waals surface area contributed by atoms with Crippen molar-refractivity contribution in [2.45, 2.75) is 38.8 Å². The van der Waals surface area contributed by atoms with Gasteiger partial charge in [0.05, 0.1) is 6.61 Å². The first-order valence-corrected chi connectivity index (χ1v) is 8.32. The number of carbonyl (C=O) groups excluding carboxylic acids is 1. The number of halogens is 1. The molecule has 1 heterocycles. The fourth-order valence-corrected chi connectivity index (χ4v) is 2.74. The first-order valence-electron chi connectivity index (χ1n) is 8.32. The summed E-state index contributed by atoms with van der Waals surface area (Å²) >= 11 is 0. The summed E-state index contributed by atoms with van der Waals surface area (Å²) in [5, 5.41) is 6.28. The van der Waals surface area contributed by atoms with Gasteiger partial charge in [-0.2, -0.15) is 0 Å². The highest BCUT2D eigenvalue weighted by atomic mass is 35.5. The van der Waals surface area contributed by atoms with Crippen molar-refractivity contribution >= 4 is 18.3 Å². The molecule has 0 aliphatic carbocycles. The highest BCUT2D eigenvalue weighted by molar-refractivity contribution is 5.85. The van der Waals surface area contributed by atoms with Gasteiger partial charge in [-0.15, -0.1) is 12.4 Å². The highest BCUT2D eigenvalue weighted by Crippen LogP contribution is 2.24. The maximum Gasteiger partial charge on any atom is 0.252 e. The Kier molecular flexibility index (Phi) is 8.53. The van der Waals surface area contributed by atoms with Crippen LogP contribution in [0.5, 0.6) is 5.75 Å². The quantitative estimate of drug-likeness (QED) is 0.788. The summed E-state index contributed by atoms with van der Waals surface area (Å²) in [7, 11) is 1.62. The number of methoxy groups -OCH3 is 1. The Morgan fingerprint density at radius 1 is 1.29 bits per heavy atom. The van der Waals surface area contributed by atoms with Crippen molar-refractivity contribution in [1.29, 1.82) is 0 Å². The van der Waals surface area contributed by atoms with E-state index in [2.05, 4.69) is 24.5 Å². The Morgan fingerprint density at radius 2 is 1.96 bits per heavy atom.